The second-order valence-corrected chi connectivity index (χ2v) is 12.1. The number of nitrogens with zero attached hydrogens (tertiary/aromatic N) is 2. The van der Waals surface area contributed by atoms with Gasteiger partial charge in [0.2, 0.25) is 0 Å². The monoisotopic (exact) mass is 608 g/mol. The number of benzene rings is 2. The second-order valence-electron chi connectivity index (χ2n) is 11.1. The van der Waals surface area contributed by atoms with Crippen molar-refractivity contribution in [1.82, 2.24) is 4.57 Å². The first-order valence-corrected chi connectivity index (χ1v) is 15.1. The number of ether oxygens (including phenoxy) is 5. The van der Waals surface area contributed by atoms with E-state index in [1.807, 2.05) is 38.1 Å². The maximum atomic E-state index is 14.0. The normalized spacial score (nSPS) is 14.9. The standard InChI is InChI=1S/C33H40N2O7S/c1-19(2)13-14-41-25-12-10-23(17-27(25)40-8)30-29(32(37)42-18-20(3)4)21(5)34-33-35(30)31(36)28(43-33)16-22-9-11-24(38-6)26(15-22)39-7/h9-12,15-17,19-20,30H,13-14,18H2,1-8H3. The number of hydrogen-bond acceptors (Lipinski definition) is 9. The molecule has 0 saturated heterocycles. The van der Waals surface area contributed by atoms with Gasteiger partial charge >= 0.3 is 5.97 Å². The molecule has 1 unspecified atom stereocenters. The van der Waals surface area contributed by atoms with E-state index in [4.69, 9.17) is 28.7 Å². The van der Waals surface area contributed by atoms with Crippen LogP contribution >= 0.6 is 11.3 Å². The van der Waals surface area contributed by atoms with Crippen molar-refractivity contribution in [2.45, 2.75) is 47.1 Å². The van der Waals surface area contributed by atoms with Crippen LogP contribution in [0.4, 0.5) is 0 Å². The lowest BCUT2D eigenvalue weighted by atomic mass is 9.95. The molecule has 2 aromatic carbocycles. The van der Waals surface area contributed by atoms with Gasteiger partial charge in [-0.1, -0.05) is 51.2 Å². The molecule has 10 heteroatoms. The van der Waals surface area contributed by atoms with Gasteiger partial charge in [0.1, 0.15) is 0 Å². The summed E-state index contributed by atoms with van der Waals surface area (Å²) in [5.74, 6) is 2.38. The van der Waals surface area contributed by atoms with Crippen LogP contribution in [0.25, 0.3) is 6.08 Å². The van der Waals surface area contributed by atoms with Gasteiger partial charge in [0, 0.05) is 0 Å². The third-order valence-corrected chi connectivity index (χ3v) is 7.93. The fraction of sp³-hybridized carbons (Fsp3) is 0.424. The lowest BCUT2D eigenvalue weighted by molar-refractivity contribution is -0.140. The summed E-state index contributed by atoms with van der Waals surface area (Å²) in [6.07, 6.45) is 2.68. The number of rotatable bonds is 12. The Morgan fingerprint density at radius 1 is 0.953 bits per heavy atom. The highest BCUT2D eigenvalue weighted by Crippen LogP contribution is 2.36. The Hall–Kier alpha value is -4.05. The van der Waals surface area contributed by atoms with E-state index in [1.54, 1.807) is 51.0 Å². The quantitative estimate of drug-likeness (QED) is 0.270. The van der Waals surface area contributed by atoms with E-state index < -0.39 is 12.0 Å². The van der Waals surface area contributed by atoms with Crippen LogP contribution in [-0.2, 0) is 9.53 Å². The molecule has 1 aliphatic rings. The number of thiazole rings is 1. The van der Waals surface area contributed by atoms with Crippen LogP contribution in [0.5, 0.6) is 23.0 Å². The van der Waals surface area contributed by atoms with Crippen molar-refractivity contribution in [2.75, 3.05) is 34.5 Å². The minimum atomic E-state index is -0.776. The smallest absolute Gasteiger partial charge is 0.338 e. The van der Waals surface area contributed by atoms with Gasteiger partial charge in [-0.25, -0.2) is 9.79 Å². The molecule has 0 saturated carbocycles. The van der Waals surface area contributed by atoms with Gasteiger partial charge in [-0.2, -0.15) is 0 Å². The number of allylic oxidation sites excluding steroid dienone is 1. The van der Waals surface area contributed by atoms with Crippen molar-refractivity contribution >= 4 is 23.4 Å². The molecular formula is C33H40N2O7S. The van der Waals surface area contributed by atoms with Gasteiger partial charge in [-0.15, -0.1) is 0 Å². The summed E-state index contributed by atoms with van der Waals surface area (Å²) in [5.41, 5.74) is 1.96. The van der Waals surface area contributed by atoms with Gasteiger partial charge in [-0.05, 0) is 66.6 Å². The molecule has 1 aliphatic heterocycles. The molecule has 1 atom stereocenters. The van der Waals surface area contributed by atoms with Gasteiger partial charge in [0.25, 0.3) is 5.56 Å². The third-order valence-electron chi connectivity index (χ3n) is 6.95. The zero-order valence-corrected chi connectivity index (χ0v) is 26.9. The third kappa shape index (κ3) is 7.13. The van der Waals surface area contributed by atoms with Crippen molar-refractivity contribution in [1.29, 1.82) is 0 Å². The minimum absolute atomic E-state index is 0.147. The molecule has 1 aromatic heterocycles. The molecule has 9 nitrogen and oxygen atoms in total. The summed E-state index contributed by atoms with van der Waals surface area (Å²) in [6.45, 7) is 10.8. The van der Waals surface area contributed by atoms with Crippen molar-refractivity contribution in [3.05, 3.63) is 78.5 Å². The van der Waals surface area contributed by atoms with Crippen LogP contribution in [-0.4, -0.2) is 45.1 Å². The molecule has 0 spiro atoms. The van der Waals surface area contributed by atoms with Crippen LogP contribution in [0, 0.1) is 11.8 Å². The number of carbonyl (C=O) groups is 1. The van der Waals surface area contributed by atoms with Crippen molar-refractivity contribution in [3.63, 3.8) is 0 Å². The zero-order valence-electron chi connectivity index (χ0n) is 26.1. The number of esters is 1. The highest BCUT2D eigenvalue weighted by molar-refractivity contribution is 7.07. The lowest BCUT2D eigenvalue weighted by Gasteiger charge is -2.25. The Bertz CT molecular complexity index is 1680. The molecule has 0 amide bonds. The van der Waals surface area contributed by atoms with E-state index in [0.29, 0.717) is 61.7 Å². The van der Waals surface area contributed by atoms with Crippen LogP contribution in [0.2, 0.25) is 0 Å². The fourth-order valence-corrected chi connectivity index (χ4v) is 5.74. The van der Waals surface area contributed by atoms with Crippen LogP contribution in [0.15, 0.2) is 57.5 Å². The Morgan fingerprint density at radius 3 is 2.28 bits per heavy atom. The number of aromatic nitrogens is 1. The van der Waals surface area contributed by atoms with Gasteiger partial charge in [0.15, 0.2) is 27.8 Å². The van der Waals surface area contributed by atoms with Crippen molar-refractivity contribution in [3.8, 4) is 23.0 Å². The molecule has 0 fully saturated rings. The summed E-state index contributed by atoms with van der Waals surface area (Å²) in [7, 11) is 4.70. The molecule has 0 bridgehead atoms. The maximum Gasteiger partial charge on any atom is 0.338 e. The maximum absolute atomic E-state index is 14.0. The highest BCUT2D eigenvalue weighted by atomic mass is 32.1. The molecule has 43 heavy (non-hydrogen) atoms. The van der Waals surface area contributed by atoms with E-state index >= 15 is 0 Å². The molecule has 0 aliphatic carbocycles. The van der Waals surface area contributed by atoms with Gasteiger partial charge in [-0.3, -0.25) is 9.36 Å². The number of fused-ring (bicyclic) bond motifs is 1. The summed E-state index contributed by atoms with van der Waals surface area (Å²) in [6, 6.07) is 10.2. The molecule has 0 radical (unpaired) electrons. The Kier molecular flexibility index (Phi) is 10.3. The van der Waals surface area contributed by atoms with Crippen molar-refractivity contribution in [2.24, 2.45) is 16.8 Å². The van der Waals surface area contributed by atoms with Gasteiger partial charge in [0.05, 0.1) is 56.4 Å². The fourth-order valence-electron chi connectivity index (χ4n) is 4.69. The average Bonchev–Trinajstić information content (AvgIpc) is 3.28. The van der Waals surface area contributed by atoms with Crippen LogP contribution < -0.4 is 33.8 Å². The van der Waals surface area contributed by atoms with E-state index in [9.17, 15) is 9.59 Å². The van der Waals surface area contributed by atoms with E-state index in [2.05, 4.69) is 13.8 Å². The first-order chi connectivity index (χ1) is 20.6. The Morgan fingerprint density at radius 2 is 1.63 bits per heavy atom. The second kappa shape index (κ2) is 13.9. The van der Waals surface area contributed by atoms with Crippen molar-refractivity contribution < 1.29 is 28.5 Å². The van der Waals surface area contributed by atoms with E-state index in [1.165, 1.54) is 11.3 Å². The first-order valence-electron chi connectivity index (χ1n) is 14.3. The Labute approximate surface area is 256 Å². The minimum Gasteiger partial charge on any atom is -0.493 e. The molecule has 0 N–H and O–H groups in total. The first kappa shape index (κ1) is 31.9. The largest absolute Gasteiger partial charge is 0.493 e. The lowest BCUT2D eigenvalue weighted by Crippen LogP contribution is -2.40. The van der Waals surface area contributed by atoms with E-state index in [0.717, 1.165) is 12.0 Å². The number of methoxy groups -OCH3 is 3. The summed E-state index contributed by atoms with van der Waals surface area (Å²) >= 11 is 1.26. The molecule has 2 heterocycles. The molecular weight excluding hydrogens is 568 g/mol. The number of carbonyl (C=O) groups excluding carboxylic acids is 1. The van der Waals surface area contributed by atoms with Crippen LogP contribution in [0.3, 0.4) is 0 Å². The molecule has 230 valence electrons. The Balaban J connectivity index is 1.86. The molecule has 4 rings (SSSR count). The van der Waals surface area contributed by atoms with E-state index in [-0.39, 0.29) is 18.1 Å². The predicted molar refractivity (Wildman–Crippen MR) is 167 cm³/mol. The highest BCUT2D eigenvalue weighted by Gasteiger charge is 2.34. The summed E-state index contributed by atoms with van der Waals surface area (Å²) in [5, 5.41) is 0. The summed E-state index contributed by atoms with van der Waals surface area (Å²) < 4.78 is 30.2. The van der Waals surface area contributed by atoms with Gasteiger partial charge < -0.3 is 23.7 Å². The summed E-state index contributed by atoms with van der Waals surface area (Å²) in [4.78, 5) is 32.7. The zero-order chi connectivity index (χ0) is 31.3. The van der Waals surface area contributed by atoms with Crippen LogP contribution in [0.1, 0.15) is 58.2 Å². The average molecular weight is 609 g/mol. The SMILES string of the molecule is COc1ccc(C=c2sc3n(c2=O)C(c2ccc(OCCC(C)C)c(OC)c2)C(C(=O)OCC(C)C)=C(C)N=3)cc1OC. The topological polar surface area (TPSA) is 97.6 Å². The molecule has 3 aromatic rings. The number of hydrogen-bond donors (Lipinski definition) is 0. The predicted octanol–water partition coefficient (Wildman–Crippen LogP) is 4.89.